The Morgan fingerprint density at radius 3 is 1.48 bits per heavy atom. The summed E-state index contributed by atoms with van der Waals surface area (Å²) in [5.41, 5.74) is 1.45. The fourth-order valence-electron chi connectivity index (χ4n) is 4.17. The van der Waals surface area contributed by atoms with E-state index in [1.54, 1.807) is 6.07 Å². The molecule has 0 radical (unpaired) electrons. The molecule has 0 aromatic heterocycles. The molecule has 0 aliphatic carbocycles. The van der Waals surface area contributed by atoms with Crippen LogP contribution in [-0.2, 0) is 6.42 Å². The van der Waals surface area contributed by atoms with E-state index in [2.05, 4.69) is 6.92 Å². The van der Waals surface area contributed by atoms with Crippen LogP contribution < -0.4 is 0 Å². The van der Waals surface area contributed by atoms with Gasteiger partial charge in [-0.15, -0.1) is 0 Å². The first-order chi connectivity index (χ1) is 14.3. The van der Waals surface area contributed by atoms with E-state index in [4.69, 9.17) is 0 Å². The molecular weight excluding hydrogens is 356 g/mol. The van der Waals surface area contributed by atoms with Crippen LogP contribution in [0.2, 0.25) is 0 Å². The lowest BCUT2D eigenvalue weighted by atomic mass is 10.00. The average Bonchev–Trinajstić information content (AvgIpc) is 2.73. The normalized spacial score (nSPS) is 11.1. The Morgan fingerprint density at radius 1 is 0.655 bits per heavy atom. The fourth-order valence-corrected chi connectivity index (χ4v) is 4.17. The standard InChI is InChI=1S/C27H46O2/c1-2-3-4-5-6-7-8-9-10-11-12-13-14-15-16-17-18-19-21-25-22-20-23-27(29)26(25)24-28/h20,22-24,29H,2-19,21H2,1H3. The molecule has 2 nitrogen and oxygen atoms in total. The molecule has 29 heavy (non-hydrogen) atoms. The van der Waals surface area contributed by atoms with E-state index in [0.29, 0.717) is 5.56 Å². The van der Waals surface area contributed by atoms with Crippen LogP contribution in [0.1, 0.15) is 138 Å². The fraction of sp³-hybridized carbons (Fsp3) is 0.741. The maximum absolute atomic E-state index is 11.1. The van der Waals surface area contributed by atoms with Gasteiger partial charge in [-0.2, -0.15) is 0 Å². The lowest BCUT2D eigenvalue weighted by Gasteiger charge is -2.06. The van der Waals surface area contributed by atoms with Gasteiger partial charge in [-0.25, -0.2) is 0 Å². The Morgan fingerprint density at radius 2 is 1.07 bits per heavy atom. The molecule has 1 aromatic rings. The summed E-state index contributed by atoms with van der Waals surface area (Å²) in [6.45, 7) is 2.28. The number of aldehydes is 1. The van der Waals surface area contributed by atoms with Gasteiger partial charge in [0.2, 0.25) is 0 Å². The van der Waals surface area contributed by atoms with Crippen LogP contribution in [0.15, 0.2) is 18.2 Å². The highest BCUT2D eigenvalue weighted by Crippen LogP contribution is 2.21. The van der Waals surface area contributed by atoms with Crippen LogP contribution in [0.4, 0.5) is 0 Å². The first kappa shape index (κ1) is 25.7. The number of hydrogen-bond acceptors (Lipinski definition) is 2. The van der Waals surface area contributed by atoms with Gasteiger partial charge in [-0.05, 0) is 24.5 Å². The average molecular weight is 403 g/mol. The Balaban J connectivity index is 1.82. The molecule has 166 valence electrons. The number of phenols is 1. The SMILES string of the molecule is CCCCCCCCCCCCCCCCCCCCc1cccc(O)c1C=O. The maximum atomic E-state index is 11.1. The Hall–Kier alpha value is -1.31. The van der Waals surface area contributed by atoms with Crippen LogP contribution in [0, 0.1) is 0 Å². The van der Waals surface area contributed by atoms with Gasteiger partial charge in [-0.1, -0.05) is 128 Å². The summed E-state index contributed by atoms with van der Waals surface area (Å²) in [7, 11) is 0. The van der Waals surface area contributed by atoms with Crippen molar-refractivity contribution in [2.24, 2.45) is 0 Å². The van der Waals surface area contributed by atoms with E-state index < -0.39 is 0 Å². The molecule has 1 rings (SSSR count). The van der Waals surface area contributed by atoms with Crippen molar-refractivity contribution in [3.63, 3.8) is 0 Å². The third kappa shape index (κ3) is 13.5. The van der Waals surface area contributed by atoms with Gasteiger partial charge in [0.1, 0.15) is 5.75 Å². The van der Waals surface area contributed by atoms with Crippen LogP contribution in [-0.4, -0.2) is 11.4 Å². The Kier molecular flexibility index (Phi) is 16.6. The second-order valence-electron chi connectivity index (χ2n) is 8.73. The van der Waals surface area contributed by atoms with Crippen molar-refractivity contribution in [3.8, 4) is 5.75 Å². The minimum absolute atomic E-state index is 0.111. The second-order valence-corrected chi connectivity index (χ2v) is 8.73. The summed E-state index contributed by atoms with van der Waals surface area (Å²) >= 11 is 0. The van der Waals surface area contributed by atoms with E-state index in [1.807, 2.05) is 12.1 Å². The molecule has 0 spiro atoms. The van der Waals surface area contributed by atoms with E-state index in [1.165, 1.54) is 109 Å². The molecule has 2 heteroatoms. The molecule has 0 heterocycles. The molecule has 1 N–H and O–H groups in total. The van der Waals surface area contributed by atoms with Gasteiger partial charge in [0, 0.05) is 0 Å². The van der Waals surface area contributed by atoms with Crippen molar-refractivity contribution >= 4 is 6.29 Å². The third-order valence-electron chi connectivity index (χ3n) is 6.09. The number of rotatable bonds is 20. The smallest absolute Gasteiger partial charge is 0.154 e. The Labute approximate surface area is 180 Å². The number of aryl methyl sites for hydroxylation is 1. The van der Waals surface area contributed by atoms with Crippen molar-refractivity contribution in [2.75, 3.05) is 0 Å². The molecule has 0 fully saturated rings. The Bertz CT molecular complexity index is 509. The summed E-state index contributed by atoms with van der Waals surface area (Å²) in [6.07, 6.45) is 26.5. The first-order valence-electron chi connectivity index (χ1n) is 12.6. The van der Waals surface area contributed by atoms with Crippen LogP contribution in [0.5, 0.6) is 5.75 Å². The number of unbranched alkanes of at least 4 members (excludes halogenated alkanes) is 17. The number of carbonyl (C=O) groups excluding carboxylic acids is 1. The zero-order valence-electron chi connectivity index (χ0n) is 19.1. The summed E-state index contributed by atoms with van der Waals surface area (Å²) < 4.78 is 0. The quantitative estimate of drug-likeness (QED) is 0.175. The largest absolute Gasteiger partial charge is 0.507 e. The molecule has 0 saturated heterocycles. The molecule has 0 aliphatic heterocycles. The van der Waals surface area contributed by atoms with Gasteiger partial charge < -0.3 is 5.11 Å². The lowest BCUT2D eigenvalue weighted by Crippen LogP contribution is -1.94. The number of hydrogen-bond donors (Lipinski definition) is 1. The summed E-state index contributed by atoms with van der Waals surface area (Å²) in [4.78, 5) is 11.1. The van der Waals surface area contributed by atoms with Crippen molar-refractivity contribution < 1.29 is 9.90 Å². The van der Waals surface area contributed by atoms with Gasteiger partial charge in [-0.3, -0.25) is 4.79 Å². The minimum Gasteiger partial charge on any atom is -0.507 e. The number of carbonyl (C=O) groups is 1. The second kappa shape index (κ2) is 18.7. The van der Waals surface area contributed by atoms with Crippen LogP contribution in [0.3, 0.4) is 0 Å². The van der Waals surface area contributed by atoms with Crippen LogP contribution >= 0.6 is 0 Å². The van der Waals surface area contributed by atoms with Crippen molar-refractivity contribution in [1.82, 2.24) is 0 Å². The van der Waals surface area contributed by atoms with Crippen LogP contribution in [0.25, 0.3) is 0 Å². The molecule has 0 amide bonds. The molecule has 0 saturated carbocycles. The highest BCUT2D eigenvalue weighted by atomic mass is 16.3. The predicted molar refractivity (Wildman–Crippen MR) is 126 cm³/mol. The maximum Gasteiger partial charge on any atom is 0.154 e. The molecule has 0 atom stereocenters. The van der Waals surface area contributed by atoms with E-state index in [0.717, 1.165) is 24.7 Å². The highest BCUT2D eigenvalue weighted by Gasteiger charge is 2.06. The molecule has 0 aliphatic rings. The monoisotopic (exact) mass is 402 g/mol. The van der Waals surface area contributed by atoms with Crippen molar-refractivity contribution in [3.05, 3.63) is 29.3 Å². The van der Waals surface area contributed by atoms with Crippen molar-refractivity contribution in [2.45, 2.75) is 129 Å². The predicted octanol–water partition coefficient (Wildman–Crippen LogP) is 8.79. The third-order valence-corrected chi connectivity index (χ3v) is 6.09. The van der Waals surface area contributed by atoms with Gasteiger partial charge in [0.15, 0.2) is 6.29 Å². The van der Waals surface area contributed by atoms with Crippen molar-refractivity contribution in [1.29, 1.82) is 0 Å². The van der Waals surface area contributed by atoms with E-state index in [-0.39, 0.29) is 5.75 Å². The summed E-state index contributed by atoms with van der Waals surface area (Å²) in [5.74, 6) is 0.111. The lowest BCUT2D eigenvalue weighted by molar-refractivity contribution is 0.112. The summed E-state index contributed by atoms with van der Waals surface area (Å²) in [6, 6.07) is 5.37. The number of aromatic hydroxyl groups is 1. The minimum atomic E-state index is 0.111. The summed E-state index contributed by atoms with van der Waals surface area (Å²) in [5, 5.41) is 9.71. The zero-order chi connectivity index (χ0) is 21.0. The topological polar surface area (TPSA) is 37.3 Å². The number of benzene rings is 1. The van der Waals surface area contributed by atoms with Gasteiger partial charge in [0.25, 0.3) is 0 Å². The molecular formula is C27H46O2. The zero-order valence-corrected chi connectivity index (χ0v) is 19.1. The number of phenolic OH excluding ortho intramolecular Hbond substituents is 1. The first-order valence-corrected chi connectivity index (χ1v) is 12.6. The highest BCUT2D eigenvalue weighted by molar-refractivity contribution is 5.81. The van der Waals surface area contributed by atoms with Gasteiger partial charge in [0.05, 0.1) is 5.56 Å². The molecule has 0 bridgehead atoms. The van der Waals surface area contributed by atoms with Gasteiger partial charge >= 0.3 is 0 Å². The van der Waals surface area contributed by atoms with E-state index in [9.17, 15) is 9.90 Å². The molecule has 1 aromatic carbocycles. The van der Waals surface area contributed by atoms with E-state index >= 15 is 0 Å². The molecule has 0 unspecified atom stereocenters.